The first-order valence-electron chi connectivity index (χ1n) is 8.27. The van der Waals surface area contributed by atoms with Crippen molar-refractivity contribution in [2.24, 2.45) is 11.3 Å². The third-order valence-corrected chi connectivity index (χ3v) is 5.54. The van der Waals surface area contributed by atoms with Crippen molar-refractivity contribution in [3.63, 3.8) is 0 Å². The molecule has 0 spiro atoms. The second kappa shape index (κ2) is 6.97. The highest BCUT2D eigenvalue weighted by atomic mass is 16.4. The molecule has 21 heavy (non-hydrogen) atoms. The van der Waals surface area contributed by atoms with Crippen molar-refractivity contribution in [1.29, 1.82) is 0 Å². The van der Waals surface area contributed by atoms with E-state index in [1.54, 1.807) is 4.90 Å². The van der Waals surface area contributed by atoms with E-state index in [1.165, 1.54) is 39.1 Å². The summed E-state index contributed by atoms with van der Waals surface area (Å²) in [6.07, 6.45) is 2.49. The highest BCUT2D eigenvalue weighted by Crippen LogP contribution is 2.38. The number of carbonyl (C=O) groups is 1. The Balaban J connectivity index is 1.75. The van der Waals surface area contributed by atoms with E-state index >= 15 is 0 Å². The summed E-state index contributed by atoms with van der Waals surface area (Å²) < 4.78 is 0. The van der Waals surface area contributed by atoms with E-state index in [2.05, 4.69) is 30.7 Å². The van der Waals surface area contributed by atoms with Crippen LogP contribution in [-0.4, -0.2) is 78.8 Å². The maximum Gasteiger partial charge on any atom is 0.407 e. The number of piperazine rings is 1. The number of piperidine rings is 1. The zero-order valence-corrected chi connectivity index (χ0v) is 13.8. The zero-order valence-electron chi connectivity index (χ0n) is 13.8. The average molecular weight is 297 g/mol. The van der Waals surface area contributed by atoms with Gasteiger partial charge in [-0.25, -0.2) is 4.79 Å². The molecule has 0 radical (unpaired) electrons. The molecule has 2 saturated heterocycles. The predicted molar refractivity (Wildman–Crippen MR) is 84.7 cm³/mol. The lowest BCUT2D eigenvalue weighted by atomic mass is 9.71. The molecule has 5 nitrogen and oxygen atoms in total. The smallest absolute Gasteiger partial charge is 0.407 e. The number of nitrogens with zero attached hydrogens (tertiary/aromatic N) is 3. The van der Waals surface area contributed by atoms with Crippen LogP contribution in [0.4, 0.5) is 4.79 Å². The third kappa shape index (κ3) is 4.58. The Morgan fingerprint density at radius 3 is 2.19 bits per heavy atom. The summed E-state index contributed by atoms with van der Waals surface area (Å²) in [4.78, 5) is 17.5. The van der Waals surface area contributed by atoms with E-state index in [0.717, 1.165) is 12.8 Å². The Hall–Kier alpha value is -0.810. The number of amides is 1. The molecule has 2 aliphatic heterocycles. The van der Waals surface area contributed by atoms with Crippen LogP contribution >= 0.6 is 0 Å². The zero-order chi connectivity index (χ0) is 15.5. The molecule has 0 aromatic carbocycles. The molecule has 0 aromatic rings. The molecule has 0 aliphatic carbocycles. The number of likely N-dealkylation sites (N-methyl/N-ethyl adjacent to an activating group) is 1. The molecular formula is C16H31N3O2. The van der Waals surface area contributed by atoms with Gasteiger partial charge in [-0.2, -0.15) is 0 Å². The van der Waals surface area contributed by atoms with Crippen LogP contribution < -0.4 is 0 Å². The molecule has 1 amide bonds. The van der Waals surface area contributed by atoms with E-state index in [-0.39, 0.29) is 0 Å². The topological polar surface area (TPSA) is 47.0 Å². The first-order valence-corrected chi connectivity index (χ1v) is 8.27. The van der Waals surface area contributed by atoms with Crippen molar-refractivity contribution in [3.8, 4) is 0 Å². The van der Waals surface area contributed by atoms with Gasteiger partial charge in [-0.1, -0.05) is 13.8 Å². The van der Waals surface area contributed by atoms with Gasteiger partial charge in [0.25, 0.3) is 0 Å². The Morgan fingerprint density at radius 1 is 1.10 bits per heavy atom. The fourth-order valence-corrected chi connectivity index (χ4v) is 3.57. The minimum Gasteiger partial charge on any atom is -0.465 e. The van der Waals surface area contributed by atoms with Gasteiger partial charge in [0.05, 0.1) is 0 Å². The van der Waals surface area contributed by atoms with Crippen LogP contribution in [0.25, 0.3) is 0 Å². The first kappa shape index (κ1) is 16.6. The van der Waals surface area contributed by atoms with E-state index in [4.69, 9.17) is 5.11 Å². The van der Waals surface area contributed by atoms with Gasteiger partial charge < -0.3 is 19.8 Å². The molecule has 2 aliphatic rings. The Labute approximate surface area is 128 Å². The van der Waals surface area contributed by atoms with Crippen molar-refractivity contribution in [3.05, 3.63) is 0 Å². The van der Waals surface area contributed by atoms with Crippen molar-refractivity contribution in [2.75, 3.05) is 52.9 Å². The maximum atomic E-state index is 11.0. The summed E-state index contributed by atoms with van der Waals surface area (Å²) in [7, 11) is 2.19. The molecule has 2 fully saturated rings. The fraction of sp³-hybridized carbons (Fsp3) is 0.938. The summed E-state index contributed by atoms with van der Waals surface area (Å²) in [6.45, 7) is 12.0. The molecule has 2 heterocycles. The summed E-state index contributed by atoms with van der Waals surface area (Å²) in [5.41, 5.74) is 0.313. The second-order valence-corrected chi connectivity index (χ2v) is 7.43. The Kier molecular flexibility index (Phi) is 5.49. The molecule has 0 saturated carbocycles. The van der Waals surface area contributed by atoms with Gasteiger partial charge in [-0.3, -0.25) is 0 Å². The van der Waals surface area contributed by atoms with Crippen molar-refractivity contribution >= 4 is 6.09 Å². The molecule has 1 N–H and O–H groups in total. The molecule has 122 valence electrons. The molecule has 0 unspecified atom stereocenters. The van der Waals surface area contributed by atoms with Gasteiger partial charge in [-0.05, 0) is 44.2 Å². The lowest BCUT2D eigenvalue weighted by molar-refractivity contribution is 0.0703. The van der Waals surface area contributed by atoms with Crippen LogP contribution in [0.1, 0.15) is 33.1 Å². The molecule has 0 aromatic heterocycles. The van der Waals surface area contributed by atoms with Crippen molar-refractivity contribution in [1.82, 2.24) is 14.7 Å². The van der Waals surface area contributed by atoms with E-state index < -0.39 is 6.09 Å². The van der Waals surface area contributed by atoms with Crippen LogP contribution in [0.3, 0.4) is 0 Å². The number of carboxylic acid groups (broad SMARTS) is 1. The van der Waals surface area contributed by atoms with Crippen LogP contribution in [0, 0.1) is 11.3 Å². The van der Waals surface area contributed by atoms with Crippen LogP contribution in [-0.2, 0) is 0 Å². The largest absolute Gasteiger partial charge is 0.465 e. The molecule has 0 bridgehead atoms. The number of hydrogen-bond donors (Lipinski definition) is 1. The van der Waals surface area contributed by atoms with Crippen LogP contribution in [0.15, 0.2) is 0 Å². The summed E-state index contributed by atoms with van der Waals surface area (Å²) >= 11 is 0. The monoisotopic (exact) mass is 297 g/mol. The van der Waals surface area contributed by atoms with Gasteiger partial charge in [0, 0.05) is 39.3 Å². The lowest BCUT2D eigenvalue weighted by Gasteiger charge is -2.41. The highest BCUT2D eigenvalue weighted by molar-refractivity contribution is 5.64. The molecular weight excluding hydrogens is 266 g/mol. The SMILES string of the molecule is CN1CCN(CCC(C)(C)C2CCN(C(=O)O)CC2)CC1. The average Bonchev–Trinajstić information content (AvgIpc) is 2.47. The van der Waals surface area contributed by atoms with E-state index in [1.807, 2.05) is 0 Å². The van der Waals surface area contributed by atoms with Crippen molar-refractivity contribution in [2.45, 2.75) is 33.1 Å². The van der Waals surface area contributed by atoms with Crippen LogP contribution in [0.5, 0.6) is 0 Å². The number of rotatable bonds is 4. The standard InChI is InChI=1S/C16H31N3O2/c1-16(2,6-9-18-12-10-17(3)11-13-18)14-4-7-19(8-5-14)15(20)21/h14H,4-13H2,1-3H3,(H,20,21). The quantitative estimate of drug-likeness (QED) is 0.862. The summed E-state index contributed by atoms with van der Waals surface area (Å²) in [5, 5.41) is 9.04. The Morgan fingerprint density at radius 2 is 1.67 bits per heavy atom. The van der Waals surface area contributed by atoms with E-state index in [0.29, 0.717) is 24.4 Å². The normalized spacial score (nSPS) is 23.5. The maximum absolute atomic E-state index is 11.0. The summed E-state index contributed by atoms with van der Waals surface area (Å²) in [6, 6.07) is 0. The van der Waals surface area contributed by atoms with Gasteiger partial charge in [0.15, 0.2) is 0 Å². The Bertz CT molecular complexity index is 343. The van der Waals surface area contributed by atoms with Gasteiger partial charge in [-0.15, -0.1) is 0 Å². The number of hydrogen-bond acceptors (Lipinski definition) is 3. The predicted octanol–water partition coefficient (Wildman–Crippen LogP) is 2.04. The molecule has 5 heteroatoms. The van der Waals surface area contributed by atoms with Gasteiger partial charge in [0.1, 0.15) is 0 Å². The highest BCUT2D eigenvalue weighted by Gasteiger charge is 2.33. The van der Waals surface area contributed by atoms with E-state index in [9.17, 15) is 4.79 Å². The van der Waals surface area contributed by atoms with Gasteiger partial charge in [0.2, 0.25) is 0 Å². The molecule has 0 atom stereocenters. The molecule has 2 rings (SSSR count). The lowest BCUT2D eigenvalue weighted by Crippen LogP contribution is -2.46. The third-order valence-electron chi connectivity index (χ3n) is 5.54. The van der Waals surface area contributed by atoms with Gasteiger partial charge >= 0.3 is 6.09 Å². The van der Waals surface area contributed by atoms with Crippen LogP contribution in [0.2, 0.25) is 0 Å². The minimum atomic E-state index is -0.760. The summed E-state index contributed by atoms with van der Waals surface area (Å²) in [5.74, 6) is 0.653. The number of likely N-dealkylation sites (tertiary alicyclic amines) is 1. The second-order valence-electron chi connectivity index (χ2n) is 7.43. The van der Waals surface area contributed by atoms with Crippen molar-refractivity contribution < 1.29 is 9.90 Å². The first-order chi connectivity index (χ1) is 9.88. The minimum absolute atomic E-state index is 0.313. The fourth-order valence-electron chi connectivity index (χ4n) is 3.57.